The van der Waals surface area contributed by atoms with E-state index < -0.39 is 0 Å². The smallest absolute Gasteiger partial charge is 0.409 e. The van der Waals surface area contributed by atoms with E-state index in [1.807, 2.05) is 20.0 Å². The van der Waals surface area contributed by atoms with Crippen molar-refractivity contribution in [2.75, 3.05) is 39.3 Å². The van der Waals surface area contributed by atoms with Gasteiger partial charge in [0.15, 0.2) is 5.96 Å². The van der Waals surface area contributed by atoms with Crippen LogP contribution < -0.4 is 5.32 Å². The largest absolute Gasteiger partial charge is 0.450 e. The van der Waals surface area contributed by atoms with Crippen LogP contribution in [0.5, 0.6) is 0 Å². The van der Waals surface area contributed by atoms with Crippen LogP contribution in [0.4, 0.5) is 4.79 Å². The van der Waals surface area contributed by atoms with E-state index in [2.05, 4.69) is 27.1 Å². The highest BCUT2D eigenvalue weighted by atomic mass is 127. The Kier molecular flexibility index (Phi) is 9.34. The molecule has 9 heteroatoms. The number of ether oxygens (including phenoxy) is 1. The molecule has 1 fully saturated rings. The van der Waals surface area contributed by atoms with Gasteiger partial charge in [0.05, 0.1) is 13.2 Å². The summed E-state index contributed by atoms with van der Waals surface area (Å²) >= 11 is 1.67. The number of hydrogen-bond acceptors (Lipinski definition) is 5. The third kappa shape index (κ3) is 6.08. The van der Waals surface area contributed by atoms with Crippen LogP contribution in [-0.4, -0.2) is 66.2 Å². The monoisotopic (exact) mass is 467 g/mol. The van der Waals surface area contributed by atoms with Crippen LogP contribution in [0, 0.1) is 6.92 Å². The van der Waals surface area contributed by atoms with Gasteiger partial charge in [-0.1, -0.05) is 0 Å². The van der Waals surface area contributed by atoms with Crippen molar-refractivity contribution >= 4 is 47.4 Å². The van der Waals surface area contributed by atoms with Crippen LogP contribution in [0.25, 0.3) is 0 Å². The van der Waals surface area contributed by atoms with E-state index in [9.17, 15) is 4.79 Å². The predicted octanol–water partition coefficient (Wildman–Crippen LogP) is 2.31. The van der Waals surface area contributed by atoms with Crippen LogP contribution in [0.15, 0.2) is 11.2 Å². The molecular formula is C15H26IN5O2S. The first-order valence-electron chi connectivity index (χ1n) is 8.00. The Bertz CT molecular complexity index is 544. The molecule has 2 heterocycles. The summed E-state index contributed by atoms with van der Waals surface area (Å²) in [6, 6.07) is 0. The molecule has 1 aromatic rings. The van der Waals surface area contributed by atoms with Crippen molar-refractivity contribution in [2.45, 2.75) is 27.3 Å². The Hall–Kier alpha value is -1.10. The fraction of sp³-hybridized carbons (Fsp3) is 0.667. The van der Waals surface area contributed by atoms with Crippen molar-refractivity contribution in [1.82, 2.24) is 20.1 Å². The third-order valence-electron chi connectivity index (χ3n) is 3.47. The topological polar surface area (TPSA) is 70.1 Å². The van der Waals surface area contributed by atoms with Gasteiger partial charge in [-0.15, -0.1) is 35.3 Å². The zero-order valence-electron chi connectivity index (χ0n) is 14.4. The van der Waals surface area contributed by atoms with Crippen LogP contribution in [0.2, 0.25) is 0 Å². The van der Waals surface area contributed by atoms with Crippen molar-refractivity contribution in [3.63, 3.8) is 0 Å². The summed E-state index contributed by atoms with van der Waals surface area (Å²) in [6.45, 7) is 10.5. The number of aryl methyl sites for hydroxylation is 1. The summed E-state index contributed by atoms with van der Waals surface area (Å²) in [5.74, 6) is 0.879. The molecule has 0 aromatic carbocycles. The zero-order chi connectivity index (χ0) is 16.7. The number of nitrogens with zero attached hydrogens (tertiary/aromatic N) is 4. The molecule has 1 aliphatic heterocycles. The van der Waals surface area contributed by atoms with Gasteiger partial charge in [-0.05, 0) is 20.8 Å². The minimum absolute atomic E-state index is 0. The molecule has 24 heavy (non-hydrogen) atoms. The van der Waals surface area contributed by atoms with Crippen LogP contribution in [0.3, 0.4) is 0 Å². The molecule has 0 unspecified atom stereocenters. The average molecular weight is 467 g/mol. The number of aromatic nitrogens is 1. The molecule has 0 radical (unpaired) electrons. The van der Waals surface area contributed by atoms with Crippen LogP contribution in [-0.2, 0) is 11.3 Å². The molecule has 0 saturated carbocycles. The fourth-order valence-electron chi connectivity index (χ4n) is 2.36. The summed E-state index contributed by atoms with van der Waals surface area (Å²) in [4.78, 5) is 25.9. The highest BCUT2D eigenvalue weighted by Crippen LogP contribution is 2.12. The predicted molar refractivity (Wildman–Crippen MR) is 107 cm³/mol. The van der Waals surface area contributed by atoms with Gasteiger partial charge in [0.2, 0.25) is 0 Å². The molecule has 1 N–H and O–H groups in total. The van der Waals surface area contributed by atoms with E-state index in [1.165, 1.54) is 4.88 Å². The lowest BCUT2D eigenvalue weighted by atomic mass is 10.3. The van der Waals surface area contributed by atoms with E-state index in [4.69, 9.17) is 4.74 Å². The number of nitrogens with one attached hydrogen (secondary N) is 1. The van der Waals surface area contributed by atoms with Gasteiger partial charge >= 0.3 is 6.09 Å². The molecule has 136 valence electrons. The zero-order valence-corrected chi connectivity index (χ0v) is 17.6. The first-order valence-corrected chi connectivity index (χ1v) is 8.82. The van der Waals surface area contributed by atoms with Gasteiger partial charge in [-0.3, -0.25) is 0 Å². The first-order chi connectivity index (χ1) is 11.1. The van der Waals surface area contributed by atoms with Crippen molar-refractivity contribution in [2.24, 2.45) is 4.99 Å². The van der Waals surface area contributed by atoms with Gasteiger partial charge in [0.1, 0.15) is 5.01 Å². The molecule has 2 rings (SSSR count). The number of carbonyl (C=O) groups is 1. The van der Waals surface area contributed by atoms with Gasteiger partial charge < -0.3 is 19.9 Å². The highest BCUT2D eigenvalue weighted by molar-refractivity contribution is 14.0. The van der Waals surface area contributed by atoms with E-state index in [-0.39, 0.29) is 30.1 Å². The molecule has 0 aliphatic carbocycles. The maximum atomic E-state index is 11.7. The Morgan fingerprint density at radius 2 is 2.00 bits per heavy atom. The van der Waals surface area contributed by atoms with Crippen molar-refractivity contribution in [3.8, 4) is 0 Å². The van der Waals surface area contributed by atoms with Gasteiger partial charge in [-0.2, -0.15) is 0 Å². The SMILES string of the molecule is CCNC(=NCc1ncc(C)s1)N1CCN(C(=O)OCC)CC1.I. The van der Waals surface area contributed by atoms with Crippen molar-refractivity contribution < 1.29 is 9.53 Å². The van der Waals surface area contributed by atoms with E-state index in [0.717, 1.165) is 30.6 Å². The van der Waals surface area contributed by atoms with Gasteiger partial charge in [0.25, 0.3) is 0 Å². The molecule has 7 nitrogen and oxygen atoms in total. The Labute approximate surface area is 164 Å². The van der Waals surface area contributed by atoms with Gasteiger partial charge in [0, 0.05) is 43.8 Å². The average Bonchev–Trinajstić information content (AvgIpc) is 2.97. The van der Waals surface area contributed by atoms with Crippen molar-refractivity contribution in [1.29, 1.82) is 0 Å². The Balaban J connectivity index is 0.00000288. The molecule has 0 spiro atoms. The van der Waals surface area contributed by atoms with Crippen LogP contribution >= 0.6 is 35.3 Å². The maximum Gasteiger partial charge on any atom is 0.409 e. The standard InChI is InChI=1S/C15H25N5O2S.HI/c1-4-16-14(18-11-13-17-10-12(3)23-13)19-6-8-20(9-7-19)15(21)22-5-2;/h10H,4-9,11H2,1-3H3,(H,16,18);1H. The lowest BCUT2D eigenvalue weighted by Crippen LogP contribution is -2.53. The summed E-state index contributed by atoms with van der Waals surface area (Å²) < 4.78 is 5.05. The lowest BCUT2D eigenvalue weighted by Gasteiger charge is -2.35. The summed E-state index contributed by atoms with van der Waals surface area (Å²) in [5, 5.41) is 4.33. The quantitative estimate of drug-likeness (QED) is 0.418. The van der Waals surface area contributed by atoms with Crippen molar-refractivity contribution in [3.05, 3.63) is 16.1 Å². The third-order valence-corrected chi connectivity index (χ3v) is 4.37. The minimum Gasteiger partial charge on any atom is -0.450 e. The normalized spacial score (nSPS) is 15.0. The number of amides is 1. The van der Waals surface area contributed by atoms with E-state index in [0.29, 0.717) is 26.2 Å². The van der Waals surface area contributed by atoms with E-state index in [1.54, 1.807) is 16.2 Å². The number of carbonyl (C=O) groups excluding carboxylic acids is 1. The molecule has 0 atom stereocenters. The van der Waals surface area contributed by atoms with Crippen LogP contribution in [0.1, 0.15) is 23.7 Å². The second-order valence-corrected chi connectivity index (χ2v) is 6.53. The maximum absolute atomic E-state index is 11.7. The second kappa shape index (κ2) is 10.7. The number of thiazole rings is 1. The number of hydrogen-bond donors (Lipinski definition) is 1. The molecular weight excluding hydrogens is 441 g/mol. The second-order valence-electron chi connectivity index (χ2n) is 5.21. The molecule has 1 aliphatic rings. The highest BCUT2D eigenvalue weighted by Gasteiger charge is 2.23. The summed E-state index contributed by atoms with van der Waals surface area (Å²) in [7, 11) is 0. The summed E-state index contributed by atoms with van der Waals surface area (Å²) in [6.07, 6.45) is 1.65. The number of rotatable bonds is 4. The molecule has 1 amide bonds. The lowest BCUT2D eigenvalue weighted by molar-refractivity contribution is 0.0914. The number of piperazine rings is 1. The number of aliphatic imine (C=N–C) groups is 1. The molecule has 1 saturated heterocycles. The minimum atomic E-state index is -0.229. The number of guanidine groups is 1. The molecule has 1 aromatic heterocycles. The Morgan fingerprint density at radius 1 is 1.33 bits per heavy atom. The Morgan fingerprint density at radius 3 is 2.54 bits per heavy atom. The number of halogens is 1. The fourth-order valence-corrected chi connectivity index (χ4v) is 3.07. The van der Waals surface area contributed by atoms with E-state index >= 15 is 0 Å². The van der Waals surface area contributed by atoms with Gasteiger partial charge in [-0.25, -0.2) is 14.8 Å². The molecule has 0 bridgehead atoms. The summed E-state index contributed by atoms with van der Waals surface area (Å²) in [5.41, 5.74) is 0. The first kappa shape index (κ1) is 20.9.